The van der Waals surface area contributed by atoms with Gasteiger partial charge in [0.2, 0.25) is 0 Å². The minimum Gasteiger partial charge on any atom is -0.497 e. The van der Waals surface area contributed by atoms with Crippen LogP contribution >= 0.6 is 0 Å². The second kappa shape index (κ2) is 6.23. The maximum atomic E-state index is 11.2. The maximum absolute atomic E-state index is 11.2. The van der Waals surface area contributed by atoms with E-state index in [2.05, 4.69) is 0 Å². The van der Waals surface area contributed by atoms with Crippen molar-refractivity contribution in [3.63, 3.8) is 0 Å². The molecule has 0 radical (unpaired) electrons. The summed E-state index contributed by atoms with van der Waals surface area (Å²) < 4.78 is 5.09. The van der Waals surface area contributed by atoms with Crippen LogP contribution in [0.1, 0.15) is 5.56 Å². The number of nitro groups is 1. The van der Waals surface area contributed by atoms with Gasteiger partial charge < -0.3 is 14.7 Å². The number of hydrogen-bond acceptors (Lipinski definition) is 5. The van der Waals surface area contributed by atoms with Crippen molar-refractivity contribution >= 4 is 17.1 Å². The molecule has 0 spiro atoms. The number of aliphatic hydroxyl groups is 1. The van der Waals surface area contributed by atoms with Crippen LogP contribution in [0.3, 0.4) is 0 Å². The molecule has 0 atom stereocenters. The van der Waals surface area contributed by atoms with Gasteiger partial charge in [-0.25, -0.2) is 0 Å². The van der Waals surface area contributed by atoms with E-state index in [0.717, 1.165) is 11.4 Å². The first kappa shape index (κ1) is 14.8. The Morgan fingerprint density at radius 3 is 2.43 bits per heavy atom. The van der Waals surface area contributed by atoms with Gasteiger partial charge in [0.05, 0.1) is 18.6 Å². The normalized spacial score (nSPS) is 10.2. The first-order valence-corrected chi connectivity index (χ1v) is 6.32. The SMILES string of the molecule is COc1ccc(N(C)c2ccc(CO)cc2[N+](=O)[O-])cc1. The first-order valence-electron chi connectivity index (χ1n) is 6.32. The van der Waals surface area contributed by atoms with Crippen molar-refractivity contribution in [3.8, 4) is 5.75 Å². The van der Waals surface area contributed by atoms with E-state index in [1.54, 1.807) is 43.3 Å². The summed E-state index contributed by atoms with van der Waals surface area (Å²) in [6, 6.07) is 11.9. The van der Waals surface area contributed by atoms with Crippen LogP contribution in [0.15, 0.2) is 42.5 Å². The lowest BCUT2D eigenvalue weighted by atomic mass is 10.1. The average molecular weight is 288 g/mol. The highest BCUT2D eigenvalue weighted by Crippen LogP contribution is 2.33. The molecule has 0 fully saturated rings. The molecule has 2 aromatic carbocycles. The molecule has 0 aliphatic carbocycles. The van der Waals surface area contributed by atoms with Gasteiger partial charge in [0.1, 0.15) is 11.4 Å². The summed E-state index contributed by atoms with van der Waals surface area (Å²) in [6.45, 7) is -0.229. The fourth-order valence-corrected chi connectivity index (χ4v) is 2.04. The van der Waals surface area contributed by atoms with Gasteiger partial charge in [0.15, 0.2) is 0 Å². The summed E-state index contributed by atoms with van der Waals surface area (Å²) in [5.41, 5.74) is 1.73. The molecule has 0 aliphatic rings. The van der Waals surface area contributed by atoms with Crippen molar-refractivity contribution < 1.29 is 14.8 Å². The van der Waals surface area contributed by atoms with Gasteiger partial charge in [0.25, 0.3) is 5.69 Å². The van der Waals surface area contributed by atoms with Gasteiger partial charge >= 0.3 is 0 Å². The third kappa shape index (κ3) is 3.11. The fraction of sp³-hybridized carbons (Fsp3) is 0.200. The number of ether oxygens (including phenoxy) is 1. The van der Waals surface area contributed by atoms with Gasteiger partial charge in [0, 0.05) is 18.8 Å². The molecule has 2 rings (SSSR count). The van der Waals surface area contributed by atoms with Crippen LogP contribution in [0.25, 0.3) is 0 Å². The van der Waals surface area contributed by atoms with Gasteiger partial charge in [-0.05, 0) is 35.9 Å². The lowest BCUT2D eigenvalue weighted by Crippen LogP contribution is -2.11. The van der Waals surface area contributed by atoms with Gasteiger partial charge in [-0.2, -0.15) is 0 Å². The predicted molar refractivity (Wildman–Crippen MR) is 80.1 cm³/mol. The zero-order valence-corrected chi connectivity index (χ0v) is 11.8. The Bertz CT molecular complexity index is 641. The minimum absolute atomic E-state index is 0.0418. The Balaban J connectivity index is 2.41. The van der Waals surface area contributed by atoms with Crippen molar-refractivity contribution in [1.29, 1.82) is 0 Å². The lowest BCUT2D eigenvalue weighted by molar-refractivity contribution is -0.384. The molecule has 0 saturated heterocycles. The summed E-state index contributed by atoms with van der Waals surface area (Å²) in [5, 5.41) is 20.3. The lowest BCUT2D eigenvalue weighted by Gasteiger charge is -2.20. The van der Waals surface area contributed by atoms with Crippen LogP contribution in [-0.4, -0.2) is 24.2 Å². The Morgan fingerprint density at radius 1 is 1.24 bits per heavy atom. The number of nitrogens with zero attached hydrogens (tertiary/aromatic N) is 2. The van der Waals surface area contributed by atoms with Crippen LogP contribution in [0.4, 0.5) is 17.1 Å². The molecule has 6 heteroatoms. The molecule has 0 unspecified atom stereocenters. The Kier molecular flexibility index (Phi) is 4.39. The number of anilines is 2. The predicted octanol–water partition coefficient (Wildman–Crippen LogP) is 2.86. The van der Waals surface area contributed by atoms with Gasteiger partial charge in [-0.3, -0.25) is 10.1 Å². The number of aliphatic hydroxyl groups excluding tert-OH is 1. The van der Waals surface area contributed by atoms with Crippen LogP contribution in [0, 0.1) is 10.1 Å². The highest BCUT2D eigenvalue weighted by Gasteiger charge is 2.18. The zero-order valence-electron chi connectivity index (χ0n) is 11.8. The molecule has 2 aromatic rings. The zero-order chi connectivity index (χ0) is 15.4. The monoisotopic (exact) mass is 288 g/mol. The Labute approximate surface area is 122 Å². The van der Waals surface area contributed by atoms with Crippen LogP contribution in [0.2, 0.25) is 0 Å². The number of benzene rings is 2. The number of nitro benzene ring substituents is 1. The molecule has 21 heavy (non-hydrogen) atoms. The third-order valence-corrected chi connectivity index (χ3v) is 3.24. The van der Waals surface area contributed by atoms with Crippen molar-refractivity contribution in [3.05, 3.63) is 58.1 Å². The van der Waals surface area contributed by atoms with E-state index in [1.165, 1.54) is 6.07 Å². The molecule has 110 valence electrons. The molecule has 0 saturated carbocycles. The van der Waals surface area contributed by atoms with Crippen molar-refractivity contribution in [1.82, 2.24) is 0 Å². The average Bonchev–Trinajstić information content (AvgIpc) is 2.53. The molecule has 0 amide bonds. The molecule has 6 nitrogen and oxygen atoms in total. The summed E-state index contributed by atoms with van der Waals surface area (Å²) in [6.07, 6.45) is 0. The van der Waals surface area contributed by atoms with E-state index >= 15 is 0 Å². The van der Waals surface area contributed by atoms with Gasteiger partial charge in [-0.15, -0.1) is 0 Å². The smallest absolute Gasteiger partial charge is 0.293 e. The quantitative estimate of drug-likeness (QED) is 0.676. The second-order valence-electron chi connectivity index (χ2n) is 4.50. The van der Waals surface area contributed by atoms with Crippen LogP contribution in [0.5, 0.6) is 5.75 Å². The fourth-order valence-electron chi connectivity index (χ4n) is 2.04. The van der Waals surface area contributed by atoms with Gasteiger partial charge in [-0.1, -0.05) is 6.07 Å². The molecule has 0 heterocycles. The van der Waals surface area contributed by atoms with Crippen molar-refractivity contribution in [2.24, 2.45) is 0 Å². The highest BCUT2D eigenvalue weighted by atomic mass is 16.6. The maximum Gasteiger partial charge on any atom is 0.293 e. The Morgan fingerprint density at radius 2 is 1.90 bits per heavy atom. The van der Waals surface area contributed by atoms with E-state index in [9.17, 15) is 10.1 Å². The van der Waals surface area contributed by atoms with Crippen LogP contribution in [-0.2, 0) is 6.61 Å². The number of rotatable bonds is 5. The first-order chi connectivity index (χ1) is 10.1. The Hall–Kier alpha value is -2.60. The van der Waals surface area contributed by atoms with Crippen molar-refractivity contribution in [2.45, 2.75) is 6.61 Å². The van der Waals surface area contributed by atoms with E-state index in [4.69, 9.17) is 9.84 Å². The summed E-state index contributed by atoms with van der Waals surface area (Å²) in [7, 11) is 3.33. The van der Waals surface area contributed by atoms with E-state index in [0.29, 0.717) is 11.3 Å². The molecule has 0 aromatic heterocycles. The molecular formula is C15H16N2O4. The third-order valence-electron chi connectivity index (χ3n) is 3.24. The second-order valence-corrected chi connectivity index (χ2v) is 4.50. The number of hydrogen-bond donors (Lipinski definition) is 1. The molecule has 0 bridgehead atoms. The summed E-state index contributed by atoms with van der Waals surface area (Å²) >= 11 is 0. The van der Waals surface area contributed by atoms with E-state index in [-0.39, 0.29) is 12.3 Å². The molecule has 1 N–H and O–H groups in total. The largest absolute Gasteiger partial charge is 0.497 e. The van der Waals surface area contributed by atoms with E-state index in [1.807, 2.05) is 12.1 Å². The number of methoxy groups -OCH3 is 1. The standard InChI is InChI=1S/C15H16N2O4/c1-16(12-4-6-13(21-2)7-5-12)14-8-3-11(10-18)9-15(14)17(19)20/h3-9,18H,10H2,1-2H3. The highest BCUT2D eigenvalue weighted by molar-refractivity contribution is 5.72. The van der Waals surface area contributed by atoms with Crippen LogP contribution < -0.4 is 9.64 Å². The minimum atomic E-state index is -0.450. The molecule has 0 aliphatic heterocycles. The summed E-state index contributed by atoms with van der Waals surface area (Å²) in [5.74, 6) is 0.720. The van der Waals surface area contributed by atoms with E-state index < -0.39 is 4.92 Å². The molecular weight excluding hydrogens is 272 g/mol. The topological polar surface area (TPSA) is 75.8 Å². The summed E-state index contributed by atoms with van der Waals surface area (Å²) in [4.78, 5) is 12.5. The van der Waals surface area contributed by atoms with Crippen molar-refractivity contribution in [2.75, 3.05) is 19.1 Å².